The Hall–Kier alpha value is -2.67. The van der Waals surface area contributed by atoms with Crippen molar-refractivity contribution in [2.75, 3.05) is 0 Å². The zero-order valence-corrected chi connectivity index (χ0v) is 13.1. The number of carbonyl (C=O) groups is 1. The lowest BCUT2D eigenvalue weighted by atomic mass is 9.91. The van der Waals surface area contributed by atoms with Gasteiger partial charge >= 0.3 is 0 Å². The molecule has 0 heterocycles. The second kappa shape index (κ2) is 5.51. The van der Waals surface area contributed by atoms with Crippen LogP contribution in [0.1, 0.15) is 22.8 Å². The highest BCUT2D eigenvalue weighted by Crippen LogP contribution is 2.38. The normalized spacial score (nSPS) is 16.4. The number of Topliss-reactive ketones (excluding diaryl/α,β-unsaturated/α-hetero) is 1. The summed E-state index contributed by atoms with van der Waals surface area (Å²) in [5.41, 5.74) is 6.66. The largest absolute Gasteiger partial charge is 0.294 e. The Kier molecular flexibility index (Phi) is 3.34. The fraction of sp³-hybridized carbons (Fsp3) is 0.136. The van der Waals surface area contributed by atoms with E-state index in [0.717, 1.165) is 23.1 Å². The fourth-order valence-electron chi connectivity index (χ4n) is 3.47. The molecule has 1 aliphatic rings. The fourth-order valence-corrected chi connectivity index (χ4v) is 3.47. The van der Waals surface area contributed by atoms with Crippen molar-refractivity contribution in [2.45, 2.75) is 13.3 Å². The monoisotopic (exact) mass is 298 g/mol. The van der Waals surface area contributed by atoms with E-state index in [2.05, 4.69) is 48.5 Å². The molecule has 23 heavy (non-hydrogen) atoms. The summed E-state index contributed by atoms with van der Waals surface area (Å²) in [5.74, 6) is 0.358. The van der Waals surface area contributed by atoms with Gasteiger partial charge in [-0.1, -0.05) is 73.7 Å². The molecule has 0 spiro atoms. The zero-order valence-electron chi connectivity index (χ0n) is 13.1. The van der Waals surface area contributed by atoms with E-state index in [0.29, 0.717) is 0 Å². The molecule has 0 aromatic heterocycles. The van der Waals surface area contributed by atoms with E-state index >= 15 is 0 Å². The number of benzene rings is 3. The minimum Gasteiger partial charge on any atom is -0.294 e. The molecule has 1 heteroatoms. The van der Waals surface area contributed by atoms with Gasteiger partial charge in [0.05, 0.1) is 0 Å². The van der Waals surface area contributed by atoms with Gasteiger partial charge in [-0.2, -0.15) is 0 Å². The van der Waals surface area contributed by atoms with Crippen molar-refractivity contribution in [1.82, 2.24) is 0 Å². The molecule has 1 nitrogen and oxygen atoms in total. The summed E-state index contributed by atoms with van der Waals surface area (Å²) in [7, 11) is 0. The summed E-state index contributed by atoms with van der Waals surface area (Å²) < 4.78 is 0. The van der Waals surface area contributed by atoms with E-state index in [9.17, 15) is 4.79 Å². The van der Waals surface area contributed by atoms with Crippen molar-refractivity contribution in [1.29, 1.82) is 0 Å². The lowest BCUT2D eigenvalue weighted by molar-refractivity contribution is 0.0947. The maximum Gasteiger partial charge on any atom is 0.166 e. The first-order valence-corrected chi connectivity index (χ1v) is 8.06. The Balaban J connectivity index is 1.97. The molecule has 0 amide bonds. The molecular formula is C22H18O. The van der Waals surface area contributed by atoms with E-state index in [4.69, 9.17) is 0 Å². The van der Waals surface area contributed by atoms with Gasteiger partial charge in [0, 0.05) is 11.5 Å². The van der Waals surface area contributed by atoms with Gasteiger partial charge in [0.25, 0.3) is 0 Å². The minimum atomic E-state index is 0.0819. The van der Waals surface area contributed by atoms with Crippen LogP contribution in [0.5, 0.6) is 0 Å². The van der Waals surface area contributed by atoms with E-state index in [1.54, 1.807) is 0 Å². The predicted molar refractivity (Wildman–Crippen MR) is 94.5 cm³/mol. The second-order valence-corrected chi connectivity index (χ2v) is 6.26. The van der Waals surface area contributed by atoms with Gasteiger partial charge in [-0.15, -0.1) is 0 Å². The van der Waals surface area contributed by atoms with Crippen LogP contribution in [0, 0.1) is 5.92 Å². The van der Waals surface area contributed by atoms with Crippen LogP contribution in [0.3, 0.4) is 0 Å². The average molecular weight is 298 g/mol. The van der Waals surface area contributed by atoms with Gasteiger partial charge in [0.15, 0.2) is 5.78 Å². The van der Waals surface area contributed by atoms with Gasteiger partial charge in [-0.25, -0.2) is 0 Å². The van der Waals surface area contributed by atoms with Gasteiger partial charge in [-0.05, 0) is 40.3 Å². The molecule has 4 rings (SSSR count). The maximum atomic E-state index is 12.6. The van der Waals surface area contributed by atoms with Crippen LogP contribution in [-0.4, -0.2) is 5.78 Å². The third kappa shape index (κ3) is 2.39. The Morgan fingerprint density at radius 3 is 2.04 bits per heavy atom. The molecule has 0 saturated heterocycles. The molecule has 0 radical (unpaired) electrons. The topological polar surface area (TPSA) is 17.1 Å². The SMILES string of the molecule is CC1Cc2cc(-c3ccccc3)cc(-c3ccccc3)c2C1=O. The number of fused-ring (bicyclic) bond motifs is 1. The highest BCUT2D eigenvalue weighted by atomic mass is 16.1. The van der Waals surface area contributed by atoms with Gasteiger partial charge < -0.3 is 0 Å². The first-order valence-electron chi connectivity index (χ1n) is 8.06. The molecule has 0 aliphatic heterocycles. The average Bonchev–Trinajstić information content (AvgIpc) is 2.90. The first-order chi connectivity index (χ1) is 11.2. The number of carbonyl (C=O) groups excluding carboxylic acids is 1. The molecule has 1 aliphatic carbocycles. The third-order valence-electron chi connectivity index (χ3n) is 4.63. The molecule has 0 saturated carbocycles. The van der Waals surface area contributed by atoms with Crippen LogP contribution < -0.4 is 0 Å². The lowest BCUT2D eigenvalue weighted by Crippen LogP contribution is -2.04. The third-order valence-corrected chi connectivity index (χ3v) is 4.63. The molecule has 112 valence electrons. The van der Waals surface area contributed by atoms with Crippen molar-refractivity contribution < 1.29 is 4.79 Å². The van der Waals surface area contributed by atoms with E-state index in [-0.39, 0.29) is 11.7 Å². The maximum absolute atomic E-state index is 12.6. The first kappa shape index (κ1) is 14.0. The minimum absolute atomic E-state index is 0.0819. The lowest BCUT2D eigenvalue weighted by Gasteiger charge is -2.12. The summed E-state index contributed by atoms with van der Waals surface area (Å²) in [4.78, 5) is 12.6. The molecular weight excluding hydrogens is 280 g/mol. The van der Waals surface area contributed by atoms with E-state index in [1.807, 2.05) is 31.2 Å². The van der Waals surface area contributed by atoms with Gasteiger partial charge in [0.1, 0.15) is 0 Å². The highest BCUT2D eigenvalue weighted by molar-refractivity contribution is 6.08. The quantitative estimate of drug-likeness (QED) is 0.619. The van der Waals surface area contributed by atoms with Crippen LogP contribution in [-0.2, 0) is 6.42 Å². The Labute approximate surface area is 136 Å². The van der Waals surface area contributed by atoms with Crippen LogP contribution in [0.25, 0.3) is 22.3 Å². The van der Waals surface area contributed by atoms with Gasteiger partial charge in [-0.3, -0.25) is 4.79 Å². The number of hydrogen-bond donors (Lipinski definition) is 0. The molecule has 3 aromatic rings. The summed E-state index contributed by atoms with van der Waals surface area (Å²) >= 11 is 0. The van der Waals surface area contributed by atoms with E-state index in [1.165, 1.54) is 16.7 Å². The summed E-state index contributed by atoms with van der Waals surface area (Å²) in [6, 6.07) is 25.0. The Morgan fingerprint density at radius 1 is 0.783 bits per heavy atom. The summed E-state index contributed by atoms with van der Waals surface area (Å²) in [5, 5.41) is 0. The second-order valence-electron chi connectivity index (χ2n) is 6.26. The van der Waals surface area contributed by atoms with Crippen molar-refractivity contribution in [3.63, 3.8) is 0 Å². The van der Waals surface area contributed by atoms with Crippen molar-refractivity contribution in [2.24, 2.45) is 5.92 Å². The van der Waals surface area contributed by atoms with Crippen LogP contribution >= 0.6 is 0 Å². The summed E-state index contributed by atoms with van der Waals surface area (Å²) in [6.45, 7) is 2.03. The molecule has 3 aromatic carbocycles. The molecule has 0 bridgehead atoms. The Morgan fingerprint density at radius 2 is 1.39 bits per heavy atom. The number of rotatable bonds is 2. The predicted octanol–water partition coefficient (Wildman–Crippen LogP) is 5.40. The van der Waals surface area contributed by atoms with Crippen LogP contribution in [0.15, 0.2) is 72.8 Å². The van der Waals surface area contributed by atoms with Crippen LogP contribution in [0.2, 0.25) is 0 Å². The molecule has 1 unspecified atom stereocenters. The summed E-state index contributed by atoms with van der Waals surface area (Å²) in [6.07, 6.45) is 0.842. The van der Waals surface area contributed by atoms with E-state index < -0.39 is 0 Å². The molecule has 1 atom stereocenters. The van der Waals surface area contributed by atoms with Crippen molar-refractivity contribution in [3.05, 3.63) is 83.9 Å². The smallest absolute Gasteiger partial charge is 0.166 e. The molecule has 0 fully saturated rings. The number of ketones is 1. The highest BCUT2D eigenvalue weighted by Gasteiger charge is 2.30. The van der Waals surface area contributed by atoms with Crippen molar-refractivity contribution >= 4 is 5.78 Å². The van der Waals surface area contributed by atoms with Crippen LogP contribution in [0.4, 0.5) is 0 Å². The standard InChI is InChI=1S/C22H18O/c1-15-12-19-13-18(16-8-4-2-5-9-16)14-20(21(19)22(15)23)17-10-6-3-7-11-17/h2-11,13-15H,12H2,1H3. The number of hydrogen-bond acceptors (Lipinski definition) is 1. The Bertz CT molecular complexity index is 863. The van der Waals surface area contributed by atoms with Crippen molar-refractivity contribution in [3.8, 4) is 22.3 Å². The zero-order chi connectivity index (χ0) is 15.8. The van der Waals surface area contributed by atoms with Gasteiger partial charge in [0.2, 0.25) is 0 Å². The molecule has 0 N–H and O–H groups in total.